The van der Waals surface area contributed by atoms with Crippen molar-refractivity contribution in [1.29, 1.82) is 0 Å². The maximum atomic E-state index is 13.1. The molecule has 0 radical (unpaired) electrons. The zero-order valence-electron chi connectivity index (χ0n) is 14.7. The third-order valence-electron chi connectivity index (χ3n) is 4.27. The standard InChI is InChI=1S/C16H23F2N7/c1-23(2)14-6-13(19-10-20-14)21-12-4-5-25(9-12)8-11-7-24(3)22-15(11)16(17)18/h6-7,10,12,16H,4-5,8-9H2,1-3H3,(H,19,20,21). The Morgan fingerprint density at radius 3 is 2.88 bits per heavy atom. The molecule has 0 spiro atoms. The van der Waals surface area contributed by atoms with Gasteiger partial charge in [0.15, 0.2) is 0 Å². The van der Waals surface area contributed by atoms with Gasteiger partial charge in [-0.15, -0.1) is 0 Å². The van der Waals surface area contributed by atoms with E-state index < -0.39 is 6.43 Å². The first-order valence-electron chi connectivity index (χ1n) is 8.21. The van der Waals surface area contributed by atoms with Crippen LogP contribution in [-0.2, 0) is 13.6 Å². The summed E-state index contributed by atoms with van der Waals surface area (Å²) >= 11 is 0. The molecule has 0 amide bonds. The Balaban J connectivity index is 1.60. The van der Waals surface area contributed by atoms with Gasteiger partial charge in [-0.1, -0.05) is 0 Å². The number of hydrogen-bond donors (Lipinski definition) is 1. The van der Waals surface area contributed by atoms with E-state index in [-0.39, 0.29) is 11.7 Å². The molecule has 1 fully saturated rings. The molecule has 2 aromatic rings. The zero-order chi connectivity index (χ0) is 18.0. The Labute approximate surface area is 145 Å². The summed E-state index contributed by atoms with van der Waals surface area (Å²) in [6.45, 7) is 2.11. The van der Waals surface area contributed by atoms with Crippen molar-refractivity contribution in [2.24, 2.45) is 7.05 Å². The van der Waals surface area contributed by atoms with Crippen molar-refractivity contribution in [3.8, 4) is 0 Å². The van der Waals surface area contributed by atoms with E-state index in [0.717, 1.165) is 31.1 Å². The molecule has 2 aromatic heterocycles. The molecule has 136 valence electrons. The fraction of sp³-hybridized carbons (Fsp3) is 0.562. The molecule has 0 saturated carbocycles. The molecule has 1 saturated heterocycles. The van der Waals surface area contributed by atoms with Crippen LogP contribution in [0.15, 0.2) is 18.6 Å². The molecule has 3 heterocycles. The summed E-state index contributed by atoms with van der Waals surface area (Å²) in [5.74, 6) is 1.62. The average molecular weight is 351 g/mol. The first-order valence-corrected chi connectivity index (χ1v) is 8.21. The Hall–Kier alpha value is -2.29. The van der Waals surface area contributed by atoms with Crippen LogP contribution in [0, 0.1) is 0 Å². The summed E-state index contributed by atoms with van der Waals surface area (Å²) in [7, 11) is 5.52. The average Bonchev–Trinajstić information content (AvgIpc) is 3.14. The van der Waals surface area contributed by atoms with E-state index in [0.29, 0.717) is 12.1 Å². The maximum Gasteiger partial charge on any atom is 0.282 e. The van der Waals surface area contributed by atoms with Crippen LogP contribution >= 0.6 is 0 Å². The molecule has 1 unspecified atom stereocenters. The second-order valence-electron chi connectivity index (χ2n) is 6.53. The van der Waals surface area contributed by atoms with E-state index in [2.05, 4.69) is 25.3 Å². The lowest BCUT2D eigenvalue weighted by Crippen LogP contribution is -2.26. The molecule has 7 nitrogen and oxygen atoms in total. The summed E-state index contributed by atoms with van der Waals surface area (Å²) in [5, 5.41) is 7.27. The third kappa shape index (κ3) is 4.22. The number of nitrogens with one attached hydrogen (secondary N) is 1. The molecular weight excluding hydrogens is 328 g/mol. The summed E-state index contributed by atoms with van der Waals surface area (Å²) in [5.41, 5.74) is 0.473. The predicted octanol–water partition coefficient (Wildman–Crippen LogP) is 1.90. The first kappa shape index (κ1) is 17.5. The quantitative estimate of drug-likeness (QED) is 0.858. The van der Waals surface area contributed by atoms with Crippen LogP contribution in [-0.4, -0.2) is 57.9 Å². The number of aryl methyl sites for hydroxylation is 1. The van der Waals surface area contributed by atoms with Gasteiger partial charge in [-0.05, 0) is 6.42 Å². The van der Waals surface area contributed by atoms with Crippen molar-refractivity contribution in [2.75, 3.05) is 37.4 Å². The van der Waals surface area contributed by atoms with Crippen LogP contribution in [0.3, 0.4) is 0 Å². The van der Waals surface area contributed by atoms with Gasteiger partial charge < -0.3 is 10.2 Å². The minimum absolute atomic E-state index is 0.120. The van der Waals surface area contributed by atoms with Crippen molar-refractivity contribution >= 4 is 11.6 Å². The SMILES string of the molecule is CN(C)c1cc(NC2CCN(Cc3cn(C)nc3C(F)F)C2)ncn1. The number of rotatable bonds is 6. The Kier molecular flexibility index (Phi) is 5.12. The lowest BCUT2D eigenvalue weighted by atomic mass is 10.2. The Bertz CT molecular complexity index is 716. The van der Waals surface area contributed by atoms with E-state index >= 15 is 0 Å². The highest BCUT2D eigenvalue weighted by Gasteiger charge is 2.26. The minimum atomic E-state index is -2.54. The van der Waals surface area contributed by atoms with Gasteiger partial charge in [-0.25, -0.2) is 18.7 Å². The molecule has 0 aromatic carbocycles. The van der Waals surface area contributed by atoms with Crippen LogP contribution in [0.25, 0.3) is 0 Å². The normalized spacial score (nSPS) is 18.1. The van der Waals surface area contributed by atoms with Crippen LogP contribution in [0.1, 0.15) is 24.1 Å². The van der Waals surface area contributed by atoms with Crippen molar-refractivity contribution in [2.45, 2.75) is 25.4 Å². The number of aromatic nitrogens is 4. The lowest BCUT2D eigenvalue weighted by molar-refractivity contribution is 0.143. The van der Waals surface area contributed by atoms with Gasteiger partial charge in [0, 0.05) is 64.6 Å². The molecule has 25 heavy (non-hydrogen) atoms. The van der Waals surface area contributed by atoms with Gasteiger partial charge in [0.05, 0.1) is 0 Å². The Morgan fingerprint density at radius 2 is 2.16 bits per heavy atom. The van der Waals surface area contributed by atoms with Gasteiger partial charge in [0.2, 0.25) is 0 Å². The minimum Gasteiger partial charge on any atom is -0.366 e. The van der Waals surface area contributed by atoms with E-state index in [1.54, 1.807) is 13.2 Å². The van der Waals surface area contributed by atoms with Gasteiger partial charge in [-0.2, -0.15) is 5.10 Å². The highest BCUT2D eigenvalue weighted by atomic mass is 19.3. The molecule has 0 bridgehead atoms. The number of hydrogen-bond acceptors (Lipinski definition) is 6. The smallest absolute Gasteiger partial charge is 0.282 e. The molecule has 1 atom stereocenters. The summed E-state index contributed by atoms with van der Waals surface area (Å²) < 4.78 is 27.6. The molecule has 1 aliphatic heterocycles. The third-order valence-corrected chi connectivity index (χ3v) is 4.27. The molecule has 0 aliphatic carbocycles. The fourth-order valence-corrected chi connectivity index (χ4v) is 3.07. The number of anilines is 2. The second kappa shape index (κ2) is 7.30. The molecule has 9 heteroatoms. The number of alkyl halides is 2. The van der Waals surface area contributed by atoms with Gasteiger partial charge in [-0.3, -0.25) is 9.58 Å². The van der Waals surface area contributed by atoms with Gasteiger partial charge >= 0.3 is 0 Å². The highest BCUT2D eigenvalue weighted by molar-refractivity contribution is 5.48. The van der Waals surface area contributed by atoms with Crippen LogP contribution < -0.4 is 10.2 Å². The lowest BCUT2D eigenvalue weighted by Gasteiger charge is -2.18. The summed E-state index contributed by atoms with van der Waals surface area (Å²) in [6.07, 6.45) is 1.61. The number of halogens is 2. The number of likely N-dealkylation sites (tertiary alicyclic amines) is 1. The van der Waals surface area contributed by atoms with Gasteiger partial charge in [0.1, 0.15) is 23.7 Å². The largest absolute Gasteiger partial charge is 0.366 e. The van der Waals surface area contributed by atoms with Crippen molar-refractivity contribution in [3.05, 3.63) is 29.8 Å². The topological polar surface area (TPSA) is 62.1 Å². The summed E-state index contributed by atoms with van der Waals surface area (Å²) in [6, 6.07) is 2.13. The van der Waals surface area contributed by atoms with Crippen LogP contribution in [0.5, 0.6) is 0 Å². The Morgan fingerprint density at radius 1 is 1.36 bits per heavy atom. The van der Waals surface area contributed by atoms with E-state index in [1.165, 1.54) is 11.0 Å². The van der Waals surface area contributed by atoms with Crippen LogP contribution in [0.2, 0.25) is 0 Å². The maximum absolute atomic E-state index is 13.1. The monoisotopic (exact) mass is 351 g/mol. The molecule has 1 N–H and O–H groups in total. The number of nitrogens with zero attached hydrogens (tertiary/aromatic N) is 6. The van der Waals surface area contributed by atoms with E-state index in [1.807, 2.05) is 25.1 Å². The van der Waals surface area contributed by atoms with Crippen molar-refractivity contribution in [3.63, 3.8) is 0 Å². The molecule has 1 aliphatic rings. The van der Waals surface area contributed by atoms with Gasteiger partial charge in [0.25, 0.3) is 6.43 Å². The van der Waals surface area contributed by atoms with Crippen molar-refractivity contribution < 1.29 is 8.78 Å². The first-order chi connectivity index (χ1) is 11.9. The zero-order valence-corrected chi connectivity index (χ0v) is 14.7. The summed E-state index contributed by atoms with van der Waals surface area (Å²) in [4.78, 5) is 12.5. The fourth-order valence-electron chi connectivity index (χ4n) is 3.07. The highest BCUT2D eigenvalue weighted by Crippen LogP contribution is 2.24. The molecular formula is C16H23F2N7. The van der Waals surface area contributed by atoms with E-state index in [9.17, 15) is 8.78 Å². The van der Waals surface area contributed by atoms with Crippen molar-refractivity contribution in [1.82, 2.24) is 24.6 Å². The predicted molar refractivity (Wildman–Crippen MR) is 91.8 cm³/mol. The molecule has 3 rings (SSSR count). The second-order valence-corrected chi connectivity index (χ2v) is 6.53. The van der Waals surface area contributed by atoms with E-state index in [4.69, 9.17) is 0 Å². The van der Waals surface area contributed by atoms with Crippen LogP contribution in [0.4, 0.5) is 20.4 Å².